The number of anilines is 1. The van der Waals surface area contributed by atoms with Crippen LogP contribution in [0, 0.1) is 17.2 Å². The highest BCUT2D eigenvalue weighted by Gasteiger charge is 2.13. The molecule has 0 atom stereocenters. The zero-order chi connectivity index (χ0) is 18.2. The van der Waals surface area contributed by atoms with Gasteiger partial charge in [0.1, 0.15) is 0 Å². The second-order valence-corrected chi connectivity index (χ2v) is 6.97. The SMILES string of the molecule is Cn1cncc1CN(CCNCC1CCNCC1)c1ccc(C#N)cc1. The summed E-state index contributed by atoms with van der Waals surface area (Å²) >= 11 is 0. The Labute approximate surface area is 155 Å². The van der Waals surface area contributed by atoms with Crippen LogP contribution in [-0.2, 0) is 13.6 Å². The topological polar surface area (TPSA) is 68.9 Å². The second kappa shape index (κ2) is 9.37. The molecule has 0 radical (unpaired) electrons. The molecule has 138 valence electrons. The Hall–Kier alpha value is -2.36. The number of benzene rings is 1. The lowest BCUT2D eigenvalue weighted by atomic mass is 9.98. The van der Waals surface area contributed by atoms with Crippen LogP contribution in [0.15, 0.2) is 36.8 Å². The van der Waals surface area contributed by atoms with Gasteiger partial charge < -0.3 is 20.1 Å². The van der Waals surface area contributed by atoms with Gasteiger partial charge in [-0.2, -0.15) is 5.26 Å². The van der Waals surface area contributed by atoms with E-state index < -0.39 is 0 Å². The summed E-state index contributed by atoms with van der Waals surface area (Å²) in [5.41, 5.74) is 3.00. The molecule has 2 N–H and O–H groups in total. The predicted octanol–water partition coefficient (Wildman–Crippen LogP) is 1.89. The van der Waals surface area contributed by atoms with Gasteiger partial charge in [-0.3, -0.25) is 0 Å². The Kier molecular flexibility index (Phi) is 6.64. The van der Waals surface area contributed by atoms with Crippen LogP contribution in [0.5, 0.6) is 0 Å². The van der Waals surface area contributed by atoms with Crippen molar-refractivity contribution in [1.29, 1.82) is 5.26 Å². The molecule has 0 unspecified atom stereocenters. The zero-order valence-electron chi connectivity index (χ0n) is 15.5. The molecule has 1 aromatic carbocycles. The summed E-state index contributed by atoms with van der Waals surface area (Å²) in [6.45, 7) is 6.05. The molecular weight excluding hydrogens is 324 g/mol. The fourth-order valence-electron chi connectivity index (χ4n) is 3.38. The molecule has 1 aromatic heterocycles. The molecule has 6 heteroatoms. The van der Waals surface area contributed by atoms with Gasteiger partial charge in [-0.25, -0.2) is 4.98 Å². The third-order valence-electron chi connectivity index (χ3n) is 5.08. The highest BCUT2D eigenvalue weighted by atomic mass is 15.2. The van der Waals surface area contributed by atoms with E-state index >= 15 is 0 Å². The first-order chi connectivity index (χ1) is 12.8. The van der Waals surface area contributed by atoms with Gasteiger partial charge in [0.25, 0.3) is 0 Å². The van der Waals surface area contributed by atoms with Crippen LogP contribution in [-0.4, -0.2) is 42.3 Å². The molecule has 2 aromatic rings. The lowest BCUT2D eigenvalue weighted by molar-refractivity contribution is 0.358. The van der Waals surface area contributed by atoms with E-state index in [2.05, 4.69) is 31.2 Å². The van der Waals surface area contributed by atoms with Gasteiger partial charge in [-0.1, -0.05) is 0 Å². The minimum absolute atomic E-state index is 0.693. The molecule has 0 amide bonds. The maximum Gasteiger partial charge on any atom is 0.0991 e. The van der Waals surface area contributed by atoms with Crippen molar-refractivity contribution in [1.82, 2.24) is 20.2 Å². The molecule has 0 saturated carbocycles. The first-order valence-electron chi connectivity index (χ1n) is 9.38. The quantitative estimate of drug-likeness (QED) is 0.710. The summed E-state index contributed by atoms with van der Waals surface area (Å²) in [6.07, 6.45) is 6.28. The minimum Gasteiger partial charge on any atom is -0.364 e. The number of hydrogen-bond donors (Lipinski definition) is 2. The van der Waals surface area contributed by atoms with Crippen LogP contribution in [0.25, 0.3) is 0 Å². The average Bonchev–Trinajstić information content (AvgIpc) is 3.10. The van der Waals surface area contributed by atoms with Gasteiger partial charge in [0.15, 0.2) is 0 Å². The van der Waals surface area contributed by atoms with Crippen LogP contribution < -0.4 is 15.5 Å². The van der Waals surface area contributed by atoms with Crippen molar-refractivity contribution in [2.75, 3.05) is 37.6 Å². The predicted molar refractivity (Wildman–Crippen MR) is 104 cm³/mol. The van der Waals surface area contributed by atoms with E-state index in [4.69, 9.17) is 5.26 Å². The summed E-state index contributed by atoms with van der Waals surface area (Å²) in [4.78, 5) is 6.57. The van der Waals surface area contributed by atoms with E-state index in [-0.39, 0.29) is 0 Å². The maximum atomic E-state index is 9.02. The van der Waals surface area contributed by atoms with Crippen molar-refractivity contribution in [3.8, 4) is 6.07 Å². The third kappa shape index (κ3) is 5.07. The van der Waals surface area contributed by atoms with Gasteiger partial charge in [0.05, 0.1) is 30.2 Å². The van der Waals surface area contributed by atoms with E-state index in [1.807, 2.05) is 43.8 Å². The first-order valence-corrected chi connectivity index (χ1v) is 9.38. The number of rotatable bonds is 8. The fourth-order valence-corrected chi connectivity index (χ4v) is 3.38. The van der Waals surface area contributed by atoms with Crippen molar-refractivity contribution >= 4 is 5.69 Å². The lowest BCUT2D eigenvalue weighted by Gasteiger charge is -2.27. The van der Waals surface area contributed by atoms with Crippen molar-refractivity contribution in [2.24, 2.45) is 13.0 Å². The van der Waals surface area contributed by atoms with Gasteiger partial charge in [-0.15, -0.1) is 0 Å². The Balaban J connectivity index is 1.58. The highest BCUT2D eigenvalue weighted by Crippen LogP contribution is 2.18. The molecule has 0 aliphatic carbocycles. The third-order valence-corrected chi connectivity index (χ3v) is 5.08. The largest absolute Gasteiger partial charge is 0.364 e. The highest BCUT2D eigenvalue weighted by molar-refractivity contribution is 5.49. The standard InChI is InChI=1S/C20H28N6/c1-25-16-24-14-20(25)15-26(19-4-2-17(12-21)3-5-19)11-10-23-13-18-6-8-22-9-7-18/h2-5,14,16,18,22-23H,6-11,13,15H2,1H3. The molecule has 0 bridgehead atoms. The van der Waals surface area contributed by atoms with Crippen LogP contribution >= 0.6 is 0 Å². The summed E-state index contributed by atoms with van der Waals surface area (Å²) in [5.74, 6) is 0.789. The molecule has 1 aliphatic rings. The van der Waals surface area contributed by atoms with E-state index in [0.29, 0.717) is 5.56 Å². The summed E-state index contributed by atoms with van der Waals surface area (Å²) in [7, 11) is 2.02. The van der Waals surface area contributed by atoms with Crippen molar-refractivity contribution < 1.29 is 0 Å². The van der Waals surface area contributed by atoms with Crippen molar-refractivity contribution in [2.45, 2.75) is 19.4 Å². The smallest absolute Gasteiger partial charge is 0.0991 e. The monoisotopic (exact) mass is 352 g/mol. The Morgan fingerprint density at radius 1 is 1.31 bits per heavy atom. The van der Waals surface area contributed by atoms with Gasteiger partial charge >= 0.3 is 0 Å². The normalized spacial score (nSPS) is 14.9. The second-order valence-electron chi connectivity index (χ2n) is 6.97. The molecule has 0 spiro atoms. The molecule has 1 fully saturated rings. The van der Waals surface area contributed by atoms with E-state index in [1.165, 1.54) is 18.5 Å². The molecule has 1 saturated heterocycles. The van der Waals surface area contributed by atoms with Gasteiger partial charge in [0.2, 0.25) is 0 Å². The fraction of sp³-hybridized carbons (Fsp3) is 0.500. The van der Waals surface area contributed by atoms with Gasteiger partial charge in [-0.05, 0) is 62.7 Å². The molecule has 3 rings (SSSR count). The molecule has 2 heterocycles. The van der Waals surface area contributed by atoms with Gasteiger partial charge in [0, 0.05) is 32.0 Å². The van der Waals surface area contributed by atoms with Crippen molar-refractivity contribution in [3.63, 3.8) is 0 Å². The summed E-state index contributed by atoms with van der Waals surface area (Å²) < 4.78 is 2.05. The number of aryl methyl sites for hydroxylation is 1. The molecule has 1 aliphatic heterocycles. The Morgan fingerprint density at radius 2 is 2.08 bits per heavy atom. The number of piperidine rings is 1. The van der Waals surface area contributed by atoms with Crippen LogP contribution in [0.4, 0.5) is 5.69 Å². The number of imidazole rings is 1. The Morgan fingerprint density at radius 3 is 2.73 bits per heavy atom. The average molecular weight is 352 g/mol. The van der Waals surface area contributed by atoms with Crippen LogP contribution in [0.2, 0.25) is 0 Å². The van der Waals surface area contributed by atoms with Crippen LogP contribution in [0.3, 0.4) is 0 Å². The minimum atomic E-state index is 0.693. The number of nitriles is 1. The number of nitrogens with zero attached hydrogens (tertiary/aromatic N) is 4. The molecule has 6 nitrogen and oxygen atoms in total. The Bertz CT molecular complexity index is 709. The van der Waals surface area contributed by atoms with E-state index in [9.17, 15) is 0 Å². The summed E-state index contributed by atoms with van der Waals surface area (Å²) in [5, 5.41) is 16.1. The van der Waals surface area contributed by atoms with Crippen LogP contribution in [0.1, 0.15) is 24.1 Å². The molecular formula is C20H28N6. The number of hydrogen-bond acceptors (Lipinski definition) is 5. The maximum absolute atomic E-state index is 9.02. The number of nitrogens with one attached hydrogen (secondary N) is 2. The van der Waals surface area contributed by atoms with Crippen molar-refractivity contribution in [3.05, 3.63) is 48.0 Å². The summed E-state index contributed by atoms with van der Waals surface area (Å²) in [6, 6.07) is 10.0. The van der Waals surface area contributed by atoms with E-state index in [0.717, 1.165) is 50.9 Å². The zero-order valence-corrected chi connectivity index (χ0v) is 15.5. The van der Waals surface area contributed by atoms with E-state index in [1.54, 1.807) is 0 Å². The first kappa shape index (κ1) is 18.4. The lowest BCUT2D eigenvalue weighted by Crippen LogP contribution is -2.37. The molecule has 26 heavy (non-hydrogen) atoms. The number of aromatic nitrogens is 2.